The van der Waals surface area contributed by atoms with Crippen molar-refractivity contribution in [3.63, 3.8) is 0 Å². The summed E-state index contributed by atoms with van der Waals surface area (Å²) in [5.74, 6) is 0.193. The molecule has 10 heteroatoms. The lowest BCUT2D eigenvalue weighted by Crippen LogP contribution is -2.38. The first-order chi connectivity index (χ1) is 16.8. The molecule has 3 aromatic heterocycles. The summed E-state index contributed by atoms with van der Waals surface area (Å²) in [6.45, 7) is 0.745. The van der Waals surface area contributed by atoms with Crippen LogP contribution in [0.5, 0.6) is 0 Å². The Labute approximate surface area is 204 Å². The van der Waals surface area contributed by atoms with Gasteiger partial charge in [0.25, 0.3) is 0 Å². The van der Waals surface area contributed by atoms with Crippen LogP contribution in [0.1, 0.15) is 18.4 Å². The Kier molecular flexibility index (Phi) is 6.33. The number of nitrogens with zero attached hydrogens (tertiary/aromatic N) is 4. The molecule has 1 aliphatic heterocycles. The molecule has 184 valence electrons. The van der Waals surface area contributed by atoms with E-state index in [2.05, 4.69) is 21.9 Å². The summed E-state index contributed by atoms with van der Waals surface area (Å²) < 4.78 is 41.5. The van der Waals surface area contributed by atoms with E-state index in [1.165, 1.54) is 6.07 Å². The van der Waals surface area contributed by atoms with Gasteiger partial charge in [-0.25, -0.2) is 17.8 Å². The molecule has 0 saturated carbocycles. The van der Waals surface area contributed by atoms with Crippen LogP contribution in [0, 0.1) is 5.82 Å². The van der Waals surface area contributed by atoms with Crippen LogP contribution in [0.25, 0.3) is 28.0 Å². The Morgan fingerprint density at radius 1 is 1.14 bits per heavy atom. The quantitative estimate of drug-likeness (QED) is 0.408. The molecule has 0 unspecified atom stereocenters. The van der Waals surface area contributed by atoms with Crippen molar-refractivity contribution in [2.75, 3.05) is 30.4 Å². The molecule has 1 aliphatic rings. The minimum atomic E-state index is -2.87. The van der Waals surface area contributed by atoms with Gasteiger partial charge < -0.3 is 10.6 Å². The number of nitrogens with one attached hydrogen (secondary N) is 2. The molecular weight excluding hydrogens is 467 g/mol. The average Bonchev–Trinajstić information content (AvgIpc) is 3.43. The van der Waals surface area contributed by atoms with E-state index in [0.717, 1.165) is 35.2 Å². The van der Waals surface area contributed by atoms with Crippen molar-refractivity contribution in [2.24, 2.45) is 7.05 Å². The number of fused-ring (bicyclic) bond motifs is 1. The Bertz CT molecular complexity index is 1460. The molecule has 35 heavy (non-hydrogen) atoms. The number of halogens is 1. The standard InChI is InChI=1S/C25H29FN6O2S/c1-27-24-5-3-17(13-22(24)26)23-6-4-21-18(7-10-28-19-8-11-35(33,34)12-9-19)15-32(25(21)30-23)20-14-29-31(2)16-20/h3-6,13-16,19,27-28H,7-12H2,1-2H3. The molecule has 0 bridgehead atoms. The molecule has 0 radical (unpaired) electrons. The van der Waals surface area contributed by atoms with Crippen LogP contribution in [0.15, 0.2) is 48.9 Å². The van der Waals surface area contributed by atoms with Crippen molar-refractivity contribution in [2.45, 2.75) is 25.3 Å². The highest BCUT2D eigenvalue weighted by Gasteiger charge is 2.23. The maximum Gasteiger partial charge on any atom is 0.150 e. The predicted octanol–water partition coefficient (Wildman–Crippen LogP) is 3.32. The van der Waals surface area contributed by atoms with Gasteiger partial charge in [-0.1, -0.05) is 6.07 Å². The van der Waals surface area contributed by atoms with Crippen LogP contribution in [-0.2, 0) is 23.3 Å². The first kappa shape index (κ1) is 23.5. The van der Waals surface area contributed by atoms with Gasteiger partial charge in [0.15, 0.2) is 0 Å². The highest BCUT2D eigenvalue weighted by molar-refractivity contribution is 7.91. The summed E-state index contributed by atoms with van der Waals surface area (Å²) in [5, 5.41) is 11.7. The topological polar surface area (TPSA) is 93.8 Å². The number of aryl methyl sites for hydroxylation is 1. The first-order valence-electron chi connectivity index (χ1n) is 11.7. The zero-order valence-electron chi connectivity index (χ0n) is 19.8. The SMILES string of the molecule is CNc1ccc(-c2ccc3c(CCNC4CCS(=O)(=O)CC4)cn(-c4cnn(C)c4)c3n2)cc1F. The van der Waals surface area contributed by atoms with Gasteiger partial charge in [-0.2, -0.15) is 5.10 Å². The van der Waals surface area contributed by atoms with Crippen molar-refractivity contribution < 1.29 is 12.8 Å². The minimum absolute atomic E-state index is 0.227. The molecule has 8 nitrogen and oxygen atoms in total. The molecule has 1 aromatic carbocycles. The number of benzene rings is 1. The van der Waals surface area contributed by atoms with Gasteiger partial charge in [0.1, 0.15) is 21.3 Å². The van der Waals surface area contributed by atoms with Crippen LogP contribution in [0.3, 0.4) is 0 Å². The van der Waals surface area contributed by atoms with Crippen LogP contribution in [0.2, 0.25) is 0 Å². The van der Waals surface area contributed by atoms with E-state index in [1.54, 1.807) is 24.0 Å². The fourth-order valence-corrected chi connectivity index (χ4v) is 6.13. The molecule has 0 amide bonds. The highest BCUT2D eigenvalue weighted by atomic mass is 32.2. The number of anilines is 1. The molecule has 1 fully saturated rings. The van der Waals surface area contributed by atoms with E-state index in [9.17, 15) is 12.8 Å². The summed E-state index contributed by atoms with van der Waals surface area (Å²) in [5.41, 5.74) is 4.66. The molecule has 0 spiro atoms. The lowest BCUT2D eigenvalue weighted by molar-refractivity contribution is 0.466. The van der Waals surface area contributed by atoms with Crippen molar-refractivity contribution in [1.82, 2.24) is 24.6 Å². The monoisotopic (exact) mass is 496 g/mol. The van der Waals surface area contributed by atoms with E-state index in [-0.39, 0.29) is 23.4 Å². The predicted molar refractivity (Wildman–Crippen MR) is 136 cm³/mol. The average molecular weight is 497 g/mol. The van der Waals surface area contributed by atoms with Crippen LogP contribution in [0.4, 0.5) is 10.1 Å². The molecule has 5 rings (SSSR count). The van der Waals surface area contributed by atoms with Crippen LogP contribution in [-0.4, -0.2) is 58.9 Å². The molecular formula is C25H29FN6O2S. The normalized spacial score (nSPS) is 16.1. The molecule has 0 aliphatic carbocycles. The fraction of sp³-hybridized carbons (Fsp3) is 0.360. The smallest absolute Gasteiger partial charge is 0.150 e. The highest BCUT2D eigenvalue weighted by Crippen LogP contribution is 2.29. The van der Waals surface area contributed by atoms with Gasteiger partial charge in [-0.15, -0.1) is 0 Å². The lowest BCUT2D eigenvalue weighted by atomic mass is 10.1. The maximum absolute atomic E-state index is 14.4. The van der Waals surface area contributed by atoms with E-state index < -0.39 is 9.84 Å². The number of sulfone groups is 1. The van der Waals surface area contributed by atoms with E-state index in [1.807, 2.05) is 36.0 Å². The summed E-state index contributed by atoms with van der Waals surface area (Å²) in [7, 11) is 0.693. The minimum Gasteiger partial charge on any atom is -0.386 e. The molecule has 2 N–H and O–H groups in total. The third kappa shape index (κ3) is 4.94. The number of rotatable bonds is 7. The Hall–Kier alpha value is -3.24. The largest absolute Gasteiger partial charge is 0.386 e. The van der Waals surface area contributed by atoms with Gasteiger partial charge >= 0.3 is 0 Å². The lowest BCUT2D eigenvalue weighted by Gasteiger charge is -2.23. The van der Waals surface area contributed by atoms with Gasteiger partial charge in [0.05, 0.1) is 34.8 Å². The van der Waals surface area contributed by atoms with E-state index in [0.29, 0.717) is 29.8 Å². The second kappa shape index (κ2) is 9.43. The zero-order valence-corrected chi connectivity index (χ0v) is 20.6. The Morgan fingerprint density at radius 3 is 2.63 bits per heavy atom. The van der Waals surface area contributed by atoms with Gasteiger partial charge in [-0.05, 0) is 55.6 Å². The summed E-state index contributed by atoms with van der Waals surface area (Å²) in [6.07, 6.45) is 7.90. The van der Waals surface area contributed by atoms with Crippen molar-refractivity contribution in [3.05, 3.63) is 60.3 Å². The van der Waals surface area contributed by atoms with Crippen LogP contribution >= 0.6 is 0 Å². The zero-order chi connectivity index (χ0) is 24.6. The number of hydrogen-bond donors (Lipinski definition) is 2. The molecule has 1 saturated heterocycles. The van der Waals surface area contributed by atoms with Crippen molar-refractivity contribution in [1.29, 1.82) is 0 Å². The summed E-state index contributed by atoms with van der Waals surface area (Å²) in [4.78, 5) is 4.91. The van der Waals surface area contributed by atoms with Crippen molar-refractivity contribution >= 4 is 26.6 Å². The van der Waals surface area contributed by atoms with Crippen molar-refractivity contribution in [3.8, 4) is 16.9 Å². The number of hydrogen-bond acceptors (Lipinski definition) is 6. The molecule has 4 heterocycles. The Balaban J connectivity index is 1.44. The second-order valence-electron chi connectivity index (χ2n) is 9.04. The molecule has 4 aromatic rings. The fourth-order valence-electron chi connectivity index (χ4n) is 4.64. The second-order valence-corrected chi connectivity index (χ2v) is 11.3. The third-order valence-electron chi connectivity index (χ3n) is 6.62. The van der Waals surface area contributed by atoms with E-state index in [4.69, 9.17) is 4.98 Å². The summed E-state index contributed by atoms with van der Waals surface area (Å²) in [6, 6.07) is 9.25. The first-order valence-corrected chi connectivity index (χ1v) is 13.6. The van der Waals surface area contributed by atoms with Gasteiger partial charge in [0.2, 0.25) is 0 Å². The number of aromatic nitrogens is 4. The third-order valence-corrected chi connectivity index (χ3v) is 8.34. The molecule has 0 atom stereocenters. The Morgan fingerprint density at radius 2 is 1.94 bits per heavy atom. The van der Waals surface area contributed by atoms with Crippen LogP contribution < -0.4 is 10.6 Å². The van der Waals surface area contributed by atoms with Gasteiger partial charge in [0, 0.05) is 43.5 Å². The summed E-state index contributed by atoms with van der Waals surface area (Å²) >= 11 is 0. The number of pyridine rings is 1. The maximum atomic E-state index is 14.4. The van der Waals surface area contributed by atoms with E-state index >= 15 is 0 Å². The van der Waals surface area contributed by atoms with Gasteiger partial charge in [-0.3, -0.25) is 9.25 Å².